The number of carbonyl (C=O) groups excluding carboxylic acids is 2. The number of rotatable bonds is 3. The summed E-state index contributed by atoms with van der Waals surface area (Å²) in [5.74, 6) is -1.20. The first-order chi connectivity index (χ1) is 11.6. The van der Waals surface area contributed by atoms with Crippen LogP contribution >= 0.6 is 22.6 Å². The lowest BCUT2D eigenvalue weighted by atomic mass is 10.2. The van der Waals surface area contributed by atoms with Crippen LogP contribution in [0.15, 0.2) is 29.2 Å². The number of ether oxygens (including phenoxy) is 1. The van der Waals surface area contributed by atoms with E-state index in [0.29, 0.717) is 11.4 Å². The molecular weight excluding hydrogens is 463 g/mol. The van der Waals surface area contributed by atoms with Crippen LogP contribution in [0.3, 0.4) is 0 Å². The van der Waals surface area contributed by atoms with Crippen LogP contribution in [0.2, 0.25) is 0 Å². The zero-order valence-electron chi connectivity index (χ0n) is 13.1. The number of anilines is 1. The molecule has 0 saturated carbocycles. The van der Waals surface area contributed by atoms with Gasteiger partial charge in [0.1, 0.15) is 0 Å². The Bertz CT molecular complexity index is 938. The molecule has 0 unspecified atom stereocenters. The van der Waals surface area contributed by atoms with Gasteiger partial charge in [0.05, 0.1) is 25.4 Å². The molecule has 0 atom stereocenters. The van der Waals surface area contributed by atoms with Crippen LogP contribution in [-0.2, 0) is 14.8 Å². The first-order valence-corrected chi connectivity index (χ1v) is 9.38. The number of aromatic nitrogens is 2. The van der Waals surface area contributed by atoms with Gasteiger partial charge in [-0.1, -0.05) is 12.1 Å². The smallest absolute Gasteiger partial charge is 0.372 e. The number of benzene rings is 1. The number of primary sulfonamides is 1. The summed E-state index contributed by atoms with van der Waals surface area (Å²) in [6, 6.07) is 5.13. The highest BCUT2D eigenvalue weighted by molar-refractivity contribution is 14.1. The number of nitrogens with zero attached hydrogens (tertiary/aromatic N) is 2. The minimum Gasteiger partial charge on any atom is -0.372 e. The Morgan fingerprint density at radius 1 is 1.16 bits per heavy atom. The predicted molar refractivity (Wildman–Crippen MR) is 96.5 cm³/mol. The number of halogens is 1. The van der Waals surface area contributed by atoms with Gasteiger partial charge in [0.25, 0.3) is 0 Å². The zero-order chi connectivity index (χ0) is 18.8. The number of hydrogen-bond acceptors (Lipinski definition) is 7. The molecule has 0 aliphatic heterocycles. The number of esters is 1. The Hall–Kier alpha value is -2.12. The van der Waals surface area contributed by atoms with Gasteiger partial charge in [-0.05, 0) is 48.6 Å². The molecule has 0 aliphatic carbocycles. The summed E-state index contributed by atoms with van der Waals surface area (Å²) in [5.41, 5.74) is 0.944. The third kappa shape index (κ3) is 4.70. The lowest BCUT2D eigenvalue weighted by molar-refractivity contribution is 0.0641. The highest BCUT2D eigenvalue weighted by atomic mass is 127. The summed E-state index contributed by atoms with van der Waals surface area (Å²) >= 11 is 2.07. The Kier molecular flexibility index (Phi) is 5.69. The van der Waals surface area contributed by atoms with E-state index in [1.807, 2.05) is 0 Å². The second-order valence-electron chi connectivity index (χ2n) is 4.88. The van der Waals surface area contributed by atoms with Gasteiger partial charge in [-0.2, -0.15) is 0 Å². The normalized spacial score (nSPS) is 11.0. The van der Waals surface area contributed by atoms with E-state index in [-0.39, 0.29) is 11.5 Å². The summed E-state index contributed by atoms with van der Waals surface area (Å²) in [6.45, 7) is 3.47. The van der Waals surface area contributed by atoms with E-state index in [9.17, 15) is 18.0 Å². The van der Waals surface area contributed by atoms with Gasteiger partial charge < -0.3 is 4.74 Å². The van der Waals surface area contributed by atoms with Gasteiger partial charge in [0.15, 0.2) is 0 Å². The van der Waals surface area contributed by atoms with E-state index in [4.69, 9.17) is 5.14 Å². The van der Waals surface area contributed by atoms with E-state index in [2.05, 4.69) is 42.6 Å². The quantitative estimate of drug-likeness (QED) is 0.391. The molecule has 3 N–H and O–H groups in total. The molecule has 0 aliphatic rings. The molecule has 2 aromatic rings. The van der Waals surface area contributed by atoms with Crippen LogP contribution in [0.5, 0.6) is 0 Å². The third-order valence-electron chi connectivity index (χ3n) is 3.00. The lowest BCUT2D eigenvalue weighted by Crippen LogP contribution is -2.23. The van der Waals surface area contributed by atoms with E-state index in [0.717, 1.165) is 9.64 Å². The van der Waals surface area contributed by atoms with E-state index in [1.165, 1.54) is 18.2 Å². The standard InChI is InChI=1S/C14H13IN4O5S/c1-7-11(15)8(2)18-13(17-7)19-14(21)24-12(20)9-5-3-4-6-10(9)25(16,22)23/h3-6H,1-2H3,(H2,16,22,23)(H,17,18,19,21). The highest BCUT2D eigenvalue weighted by Gasteiger charge is 2.22. The number of amides is 1. The third-order valence-corrected chi connectivity index (χ3v) is 5.53. The van der Waals surface area contributed by atoms with Crippen molar-refractivity contribution in [3.8, 4) is 0 Å². The number of carbonyl (C=O) groups is 2. The van der Waals surface area contributed by atoms with Crippen molar-refractivity contribution in [3.05, 3.63) is 44.8 Å². The van der Waals surface area contributed by atoms with Crippen LogP contribution in [0.25, 0.3) is 0 Å². The molecule has 9 nitrogen and oxygen atoms in total. The zero-order valence-corrected chi connectivity index (χ0v) is 16.1. The Morgan fingerprint density at radius 3 is 2.28 bits per heavy atom. The average molecular weight is 476 g/mol. The van der Waals surface area contributed by atoms with Crippen molar-refractivity contribution in [1.29, 1.82) is 0 Å². The minimum absolute atomic E-state index is 0.0343. The van der Waals surface area contributed by atoms with E-state index < -0.39 is 27.0 Å². The molecule has 0 bridgehead atoms. The largest absolute Gasteiger partial charge is 0.422 e. The van der Waals surface area contributed by atoms with Crippen LogP contribution < -0.4 is 10.5 Å². The minimum atomic E-state index is -4.15. The van der Waals surface area contributed by atoms with Crippen LogP contribution in [0.4, 0.5) is 10.7 Å². The second-order valence-corrected chi connectivity index (χ2v) is 7.48. The summed E-state index contributed by atoms with van der Waals surface area (Å²) in [7, 11) is -4.15. The fourth-order valence-corrected chi connectivity index (χ4v) is 2.87. The maximum Gasteiger partial charge on any atom is 0.422 e. The molecule has 0 spiro atoms. The number of nitrogens with two attached hydrogens (primary N) is 1. The number of aryl methyl sites for hydroxylation is 2. The summed E-state index contributed by atoms with van der Waals surface area (Å²) in [6.07, 6.45) is -1.14. The number of hydrogen-bond donors (Lipinski definition) is 2. The van der Waals surface area contributed by atoms with Gasteiger partial charge in [0.2, 0.25) is 16.0 Å². The van der Waals surface area contributed by atoms with Crippen molar-refractivity contribution in [1.82, 2.24) is 9.97 Å². The van der Waals surface area contributed by atoms with Crippen LogP contribution in [0.1, 0.15) is 21.7 Å². The average Bonchev–Trinajstić information content (AvgIpc) is 2.51. The molecule has 1 heterocycles. The van der Waals surface area contributed by atoms with Crippen molar-refractivity contribution in [2.24, 2.45) is 5.14 Å². The molecule has 0 radical (unpaired) electrons. The molecular formula is C14H13IN4O5S. The first-order valence-electron chi connectivity index (χ1n) is 6.75. The van der Waals surface area contributed by atoms with Crippen molar-refractivity contribution < 1.29 is 22.7 Å². The first kappa shape index (κ1) is 19.2. The van der Waals surface area contributed by atoms with Gasteiger partial charge in [-0.25, -0.2) is 33.1 Å². The molecule has 132 valence electrons. The molecule has 1 amide bonds. The fraction of sp³-hybridized carbons (Fsp3) is 0.143. The van der Waals surface area contributed by atoms with Gasteiger partial charge >= 0.3 is 12.1 Å². The van der Waals surface area contributed by atoms with Crippen molar-refractivity contribution in [2.45, 2.75) is 18.7 Å². The maximum atomic E-state index is 12.1. The van der Waals surface area contributed by atoms with Crippen LogP contribution in [-0.4, -0.2) is 30.4 Å². The number of nitrogens with one attached hydrogen (secondary N) is 1. The lowest BCUT2D eigenvalue weighted by Gasteiger charge is -2.09. The molecule has 0 fully saturated rings. The van der Waals surface area contributed by atoms with Gasteiger partial charge in [-0.3, -0.25) is 5.32 Å². The van der Waals surface area contributed by atoms with Crippen molar-refractivity contribution in [3.63, 3.8) is 0 Å². The van der Waals surface area contributed by atoms with Gasteiger partial charge in [-0.15, -0.1) is 0 Å². The molecule has 1 aromatic heterocycles. The van der Waals surface area contributed by atoms with Crippen molar-refractivity contribution >= 4 is 50.6 Å². The summed E-state index contributed by atoms with van der Waals surface area (Å²) < 4.78 is 28.4. The summed E-state index contributed by atoms with van der Waals surface area (Å²) in [5, 5.41) is 7.26. The maximum absolute atomic E-state index is 12.1. The Labute approximate surface area is 157 Å². The Balaban J connectivity index is 2.18. The van der Waals surface area contributed by atoms with Crippen LogP contribution in [0, 0.1) is 17.4 Å². The van der Waals surface area contributed by atoms with E-state index >= 15 is 0 Å². The van der Waals surface area contributed by atoms with E-state index in [1.54, 1.807) is 13.8 Å². The molecule has 0 saturated heterocycles. The predicted octanol–water partition coefficient (Wildman–Crippen LogP) is 1.73. The van der Waals surface area contributed by atoms with Crippen molar-refractivity contribution in [2.75, 3.05) is 5.32 Å². The fourth-order valence-electron chi connectivity index (χ4n) is 1.90. The monoisotopic (exact) mass is 476 g/mol. The second kappa shape index (κ2) is 7.41. The van der Waals surface area contributed by atoms with Gasteiger partial charge in [0, 0.05) is 0 Å². The highest BCUT2D eigenvalue weighted by Crippen LogP contribution is 2.16. The molecule has 25 heavy (non-hydrogen) atoms. The number of sulfonamides is 1. The molecule has 11 heteroatoms. The SMILES string of the molecule is Cc1nc(NC(=O)OC(=O)c2ccccc2S(N)(=O)=O)nc(C)c1I. The molecule has 2 rings (SSSR count). The Morgan fingerprint density at radius 2 is 1.72 bits per heavy atom. The topological polar surface area (TPSA) is 141 Å². The summed E-state index contributed by atoms with van der Waals surface area (Å²) in [4.78, 5) is 31.6. The molecule has 1 aromatic carbocycles.